The molecule has 1 N–H and O–H groups in total. The van der Waals surface area contributed by atoms with Crippen molar-refractivity contribution in [2.24, 2.45) is 0 Å². The molecule has 0 heterocycles. The van der Waals surface area contributed by atoms with Crippen LogP contribution in [0.25, 0.3) is 0 Å². The second-order valence-corrected chi connectivity index (χ2v) is 7.67. The molecule has 2 rings (SSSR count). The van der Waals surface area contributed by atoms with E-state index < -0.39 is 10.0 Å². The van der Waals surface area contributed by atoms with Crippen molar-refractivity contribution in [2.75, 3.05) is 20.6 Å². The summed E-state index contributed by atoms with van der Waals surface area (Å²) >= 11 is 6.23. The van der Waals surface area contributed by atoms with Gasteiger partial charge in [0.25, 0.3) is 0 Å². The lowest BCUT2D eigenvalue weighted by Gasteiger charge is -2.26. The summed E-state index contributed by atoms with van der Waals surface area (Å²) in [7, 11) is 0.00627. The first kappa shape index (κ1) is 18.4. The first-order chi connectivity index (χ1) is 11.3. The fourth-order valence-corrected chi connectivity index (χ4v) is 3.67. The van der Waals surface area contributed by atoms with E-state index in [4.69, 9.17) is 16.9 Å². The van der Waals surface area contributed by atoms with Gasteiger partial charge in [-0.15, -0.1) is 0 Å². The van der Waals surface area contributed by atoms with Crippen LogP contribution in [0.2, 0.25) is 5.02 Å². The topological polar surface area (TPSA) is 73.2 Å². The normalized spacial score (nSPS) is 12.8. The summed E-state index contributed by atoms with van der Waals surface area (Å²) in [6.45, 7) is 0.163. The van der Waals surface area contributed by atoms with Crippen LogP contribution in [-0.4, -0.2) is 34.0 Å². The quantitative estimate of drug-likeness (QED) is 0.856. The van der Waals surface area contributed by atoms with E-state index in [1.807, 2.05) is 43.3 Å². The Hall–Kier alpha value is -1.91. The van der Waals surface area contributed by atoms with E-state index in [0.29, 0.717) is 10.6 Å². The molecule has 24 heavy (non-hydrogen) atoms. The Morgan fingerprint density at radius 3 is 2.54 bits per heavy atom. The second-order valence-electron chi connectivity index (χ2n) is 5.49. The molecule has 5 nitrogen and oxygen atoms in total. The highest BCUT2D eigenvalue weighted by molar-refractivity contribution is 7.89. The molecule has 126 valence electrons. The van der Waals surface area contributed by atoms with Crippen molar-refractivity contribution in [3.05, 3.63) is 64.7 Å². The molecular weight excluding hydrogens is 346 g/mol. The lowest BCUT2D eigenvalue weighted by Crippen LogP contribution is -2.34. The van der Waals surface area contributed by atoms with Gasteiger partial charge in [-0.3, -0.25) is 0 Å². The molecule has 0 unspecified atom stereocenters. The molecule has 0 amide bonds. The van der Waals surface area contributed by atoms with E-state index in [-0.39, 0.29) is 17.5 Å². The Balaban J connectivity index is 2.23. The molecular formula is C17H18ClN3O2S. The van der Waals surface area contributed by atoms with Crippen molar-refractivity contribution in [3.63, 3.8) is 0 Å². The van der Waals surface area contributed by atoms with E-state index in [0.717, 1.165) is 5.56 Å². The number of likely N-dealkylation sites (N-methyl/N-ethyl adjacent to an activating group) is 1. The van der Waals surface area contributed by atoms with Crippen LogP contribution in [0.5, 0.6) is 0 Å². The lowest BCUT2D eigenvalue weighted by atomic mass is 10.1. The molecule has 1 atom stereocenters. The summed E-state index contributed by atoms with van der Waals surface area (Å²) in [4.78, 5) is 1.97. The standard InChI is InChI=1S/C17H18ClN3O2S/c1-21(2)17(15-8-3-4-9-16(15)18)12-20-24(22,23)14-7-5-6-13(10-14)11-19/h3-10,17,20H,12H2,1-2H3/t17-/m0/s1. The van der Waals surface area contributed by atoms with Crippen molar-refractivity contribution >= 4 is 21.6 Å². The van der Waals surface area contributed by atoms with Crippen molar-refractivity contribution in [1.82, 2.24) is 9.62 Å². The molecule has 7 heteroatoms. The molecule has 0 aliphatic carbocycles. The van der Waals surface area contributed by atoms with E-state index >= 15 is 0 Å². The molecule has 0 spiro atoms. The van der Waals surface area contributed by atoms with Crippen LogP contribution < -0.4 is 4.72 Å². The van der Waals surface area contributed by atoms with Gasteiger partial charge in [0.2, 0.25) is 10.0 Å². The Morgan fingerprint density at radius 2 is 1.92 bits per heavy atom. The number of nitrogens with zero attached hydrogens (tertiary/aromatic N) is 2. The predicted octanol–water partition coefficient (Wildman–Crippen LogP) is 2.79. The minimum atomic E-state index is -3.71. The molecule has 0 radical (unpaired) electrons. The molecule has 0 saturated heterocycles. The first-order valence-electron chi connectivity index (χ1n) is 7.26. The highest BCUT2D eigenvalue weighted by atomic mass is 35.5. The number of nitrogens with one attached hydrogen (secondary N) is 1. The van der Waals surface area contributed by atoms with Gasteiger partial charge in [-0.1, -0.05) is 35.9 Å². The average Bonchev–Trinajstić information content (AvgIpc) is 2.56. The second kappa shape index (κ2) is 7.77. The van der Waals surface area contributed by atoms with Crippen molar-refractivity contribution < 1.29 is 8.42 Å². The van der Waals surface area contributed by atoms with Gasteiger partial charge in [0.15, 0.2) is 0 Å². The molecule has 2 aromatic rings. The Labute approximate surface area is 147 Å². The Morgan fingerprint density at radius 1 is 1.21 bits per heavy atom. The summed E-state index contributed by atoms with van der Waals surface area (Å²) in [5.41, 5.74) is 1.14. The van der Waals surface area contributed by atoms with Gasteiger partial charge in [0.1, 0.15) is 0 Å². The van der Waals surface area contributed by atoms with Gasteiger partial charge in [-0.2, -0.15) is 5.26 Å². The van der Waals surface area contributed by atoms with Gasteiger partial charge in [-0.05, 0) is 43.9 Å². The maximum absolute atomic E-state index is 12.5. The number of nitriles is 1. The Bertz CT molecular complexity index is 860. The summed E-state index contributed by atoms with van der Waals surface area (Å²) in [5, 5.41) is 9.50. The van der Waals surface area contributed by atoms with Crippen LogP contribution in [0.15, 0.2) is 53.4 Å². The van der Waals surface area contributed by atoms with Crippen LogP contribution in [0.1, 0.15) is 17.2 Å². The smallest absolute Gasteiger partial charge is 0.240 e. The van der Waals surface area contributed by atoms with E-state index in [2.05, 4.69) is 4.72 Å². The number of hydrogen-bond donors (Lipinski definition) is 1. The number of hydrogen-bond acceptors (Lipinski definition) is 4. The summed E-state index contributed by atoms with van der Waals surface area (Å²) < 4.78 is 27.5. The van der Waals surface area contributed by atoms with E-state index in [1.165, 1.54) is 12.1 Å². The molecule has 0 aliphatic heterocycles. The predicted molar refractivity (Wildman–Crippen MR) is 94.2 cm³/mol. The fourth-order valence-electron chi connectivity index (χ4n) is 2.32. The van der Waals surface area contributed by atoms with Gasteiger partial charge in [0.05, 0.1) is 16.5 Å². The third-order valence-corrected chi connectivity index (χ3v) is 5.39. The summed E-state index contributed by atoms with van der Waals surface area (Å²) in [6.07, 6.45) is 0. The van der Waals surface area contributed by atoms with Gasteiger partial charge < -0.3 is 4.90 Å². The van der Waals surface area contributed by atoms with Gasteiger partial charge >= 0.3 is 0 Å². The maximum atomic E-state index is 12.5. The maximum Gasteiger partial charge on any atom is 0.240 e. The molecule has 0 aliphatic rings. The highest BCUT2D eigenvalue weighted by Crippen LogP contribution is 2.26. The zero-order chi connectivity index (χ0) is 17.7. The van der Waals surface area contributed by atoms with Crippen LogP contribution in [0.3, 0.4) is 0 Å². The van der Waals surface area contributed by atoms with Crippen LogP contribution in [-0.2, 0) is 10.0 Å². The minimum absolute atomic E-state index is 0.0678. The van der Waals surface area contributed by atoms with E-state index in [9.17, 15) is 8.42 Å². The average molecular weight is 364 g/mol. The van der Waals surface area contributed by atoms with Crippen molar-refractivity contribution in [3.8, 4) is 6.07 Å². The third-order valence-electron chi connectivity index (χ3n) is 3.63. The number of rotatable bonds is 6. The molecule has 0 bridgehead atoms. The number of sulfonamides is 1. The number of benzene rings is 2. The fraction of sp³-hybridized carbons (Fsp3) is 0.235. The Kier molecular flexibility index (Phi) is 5.97. The summed E-state index contributed by atoms with van der Waals surface area (Å²) in [5.74, 6) is 0. The largest absolute Gasteiger partial charge is 0.301 e. The number of halogens is 1. The zero-order valence-corrected chi connectivity index (χ0v) is 15.0. The lowest BCUT2D eigenvalue weighted by molar-refractivity contribution is 0.299. The highest BCUT2D eigenvalue weighted by Gasteiger charge is 2.21. The van der Waals surface area contributed by atoms with Gasteiger partial charge in [0, 0.05) is 17.6 Å². The first-order valence-corrected chi connectivity index (χ1v) is 9.12. The SMILES string of the molecule is CN(C)[C@@H](CNS(=O)(=O)c1cccc(C#N)c1)c1ccccc1Cl. The molecule has 0 fully saturated rings. The van der Waals surface area contributed by atoms with E-state index in [1.54, 1.807) is 18.2 Å². The zero-order valence-electron chi connectivity index (χ0n) is 13.4. The molecule has 0 saturated carbocycles. The minimum Gasteiger partial charge on any atom is -0.301 e. The van der Waals surface area contributed by atoms with Gasteiger partial charge in [-0.25, -0.2) is 13.1 Å². The van der Waals surface area contributed by atoms with Crippen LogP contribution in [0, 0.1) is 11.3 Å². The van der Waals surface area contributed by atoms with Crippen LogP contribution in [0.4, 0.5) is 0 Å². The van der Waals surface area contributed by atoms with Crippen LogP contribution >= 0.6 is 11.6 Å². The van der Waals surface area contributed by atoms with Crippen molar-refractivity contribution in [1.29, 1.82) is 5.26 Å². The monoisotopic (exact) mass is 363 g/mol. The van der Waals surface area contributed by atoms with Crippen molar-refractivity contribution in [2.45, 2.75) is 10.9 Å². The molecule has 2 aromatic carbocycles. The molecule has 0 aromatic heterocycles. The summed E-state index contributed by atoms with van der Waals surface area (Å²) in [6, 6.07) is 15.0. The third kappa shape index (κ3) is 4.34.